The Morgan fingerprint density at radius 3 is 2.62 bits per heavy atom. The molecule has 0 spiro atoms. The average Bonchev–Trinajstić information content (AvgIpc) is 2.65. The van der Waals surface area contributed by atoms with Crippen molar-refractivity contribution in [1.29, 1.82) is 0 Å². The monoisotopic (exact) mass is 478 g/mol. The van der Waals surface area contributed by atoms with Gasteiger partial charge in [0.1, 0.15) is 5.57 Å². The van der Waals surface area contributed by atoms with Gasteiger partial charge in [0.2, 0.25) is 0 Å². The van der Waals surface area contributed by atoms with Gasteiger partial charge in [-0.1, -0.05) is 27.5 Å². The van der Waals surface area contributed by atoms with E-state index in [1.54, 1.807) is 25.1 Å². The zero-order chi connectivity index (χ0) is 21.3. The molecule has 7 nitrogen and oxygen atoms in total. The number of nitrogens with one attached hydrogen (secondary N) is 1. The van der Waals surface area contributed by atoms with Crippen molar-refractivity contribution in [2.75, 3.05) is 11.5 Å². The van der Waals surface area contributed by atoms with Crippen LogP contribution in [0.1, 0.15) is 18.1 Å². The van der Waals surface area contributed by atoms with Gasteiger partial charge in [0.25, 0.3) is 11.8 Å². The Kier molecular flexibility index (Phi) is 5.95. The lowest BCUT2D eigenvalue weighted by Crippen LogP contribution is -2.54. The number of phenols is 1. The van der Waals surface area contributed by atoms with Crippen LogP contribution in [0.25, 0.3) is 6.08 Å². The van der Waals surface area contributed by atoms with Gasteiger partial charge in [-0.25, -0.2) is 9.69 Å². The number of nitrogens with zero attached hydrogens (tertiary/aromatic N) is 1. The van der Waals surface area contributed by atoms with Crippen molar-refractivity contribution in [2.45, 2.75) is 13.8 Å². The van der Waals surface area contributed by atoms with Crippen LogP contribution in [-0.4, -0.2) is 29.6 Å². The van der Waals surface area contributed by atoms with Crippen molar-refractivity contribution < 1.29 is 24.2 Å². The SMILES string of the molecule is CCOc1cc(C=C2C(=O)NC(=O)N(c3ccc(Br)c(C)c3)C2=O)cc(Cl)c1O. The van der Waals surface area contributed by atoms with E-state index in [1.807, 2.05) is 6.92 Å². The molecule has 0 radical (unpaired) electrons. The quantitative estimate of drug-likeness (QED) is 0.507. The highest BCUT2D eigenvalue weighted by Crippen LogP contribution is 2.36. The number of benzene rings is 2. The van der Waals surface area contributed by atoms with Crippen LogP contribution in [0.15, 0.2) is 40.4 Å². The van der Waals surface area contributed by atoms with Gasteiger partial charge < -0.3 is 9.84 Å². The third kappa shape index (κ3) is 4.13. The summed E-state index contributed by atoms with van der Waals surface area (Å²) in [5, 5.41) is 12.1. The molecule has 0 atom stereocenters. The molecule has 0 bridgehead atoms. The largest absolute Gasteiger partial charge is 0.503 e. The fourth-order valence-corrected chi connectivity index (χ4v) is 3.23. The number of halogens is 2. The lowest BCUT2D eigenvalue weighted by molar-refractivity contribution is -0.122. The summed E-state index contributed by atoms with van der Waals surface area (Å²) in [5.74, 6) is -1.72. The number of rotatable bonds is 4. The summed E-state index contributed by atoms with van der Waals surface area (Å²) in [5.41, 5.74) is 1.24. The number of carbonyl (C=O) groups is 3. The lowest BCUT2D eigenvalue weighted by Gasteiger charge is -2.26. The molecule has 4 amide bonds. The molecule has 0 saturated carbocycles. The van der Waals surface area contributed by atoms with E-state index in [9.17, 15) is 19.5 Å². The second kappa shape index (κ2) is 8.26. The molecule has 29 heavy (non-hydrogen) atoms. The third-order valence-corrected chi connectivity index (χ3v) is 5.34. The van der Waals surface area contributed by atoms with Crippen LogP contribution in [-0.2, 0) is 9.59 Å². The number of hydrogen-bond donors (Lipinski definition) is 2. The van der Waals surface area contributed by atoms with Gasteiger partial charge in [-0.3, -0.25) is 14.9 Å². The van der Waals surface area contributed by atoms with Gasteiger partial charge in [0, 0.05) is 4.47 Å². The Bertz CT molecular complexity index is 1070. The van der Waals surface area contributed by atoms with Crippen LogP contribution in [0.5, 0.6) is 11.5 Å². The summed E-state index contributed by atoms with van der Waals surface area (Å²) < 4.78 is 6.13. The molecule has 1 aliphatic rings. The van der Waals surface area contributed by atoms with Crippen LogP contribution >= 0.6 is 27.5 Å². The molecule has 0 unspecified atom stereocenters. The number of carbonyl (C=O) groups excluding carboxylic acids is 3. The highest BCUT2D eigenvalue weighted by atomic mass is 79.9. The molecule has 1 heterocycles. The van der Waals surface area contributed by atoms with E-state index in [1.165, 1.54) is 18.2 Å². The van der Waals surface area contributed by atoms with Crippen LogP contribution in [0.3, 0.4) is 0 Å². The minimum absolute atomic E-state index is 0.00272. The van der Waals surface area contributed by atoms with Gasteiger partial charge in [-0.05, 0) is 61.4 Å². The molecule has 0 aliphatic carbocycles. The Hall–Kier alpha value is -2.84. The molecule has 2 N–H and O–H groups in total. The molecule has 3 rings (SSSR count). The highest BCUT2D eigenvalue weighted by molar-refractivity contribution is 9.10. The van der Waals surface area contributed by atoms with Crippen molar-refractivity contribution in [1.82, 2.24) is 5.32 Å². The van der Waals surface area contributed by atoms with Gasteiger partial charge in [0.15, 0.2) is 11.5 Å². The Labute approximate surface area is 180 Å². The van der Waals surface area contributed by atoms with Gasteiger partial charge in [0.05, 0.1) is 17.3 Å². The first-order valence-corrected chi connectivity index (χ1v) is 9.73. The molecule has 0 aromatic heterocycles. The van der Waals surface area contributed by atoms with Gasteiger partial charge in [-0.15, -0.1) is 0 Å². The first-order valence-electron chi connectivity index (χ1n) is 8.55. The van der Waals surface area contributed by atoms with Crippen LogP contribution < -0.4 is 15.0 Å². The van der Waals surface area contributed by atoms with Crippen LogP contribution in [0.2, 0.25) is 5.02 Å². The van der Waals surface area contributed by atoms with Gasteiger partial charge in [-0.2, -0.15) is 0 Å². The van der Waals surface area contributed by atoms with Crippen molar-refractivity contribution in [3.63, 3.8) is 0 Å². The van der Waals surface area contributed by atoms with E-state index in [0.29, 0.717) is 11.3 Å². The number of barbiturate groups is 1. The lowest BCUT2D eigenvalue weighted by atomic mass is 10.1. The molecular formula is C20H16BrClN2O5. The number of imide groups is 2. The number of ether oxygens (including phenoxy) is 1. The van der Waals surface area contributed by atoms with E-state index in [0.717, 1.165) is 14.9 Å². The Morgan fingerprint density at radius 2 is 1.97 bits per heavy atom. The van der Waals surface area contributed by atoms with E-state index < -0.39 is 17.8 Å². The second-order valence-corrected chi connectivity index (χ2v) is 7.44. The zero-order valence-corrected chi connectivity index (χ0v) is 17.8. The standard InChI is InChI=1S/C20H16BrClN2O5/c1-3-29-16-9-11(8-15(22)17(16)25)7-13-18(26)23-20(28)24(19(13)27)12-4-5-14(21)10(2)6-12/h4-9,25H,3H2,1-2H3,(H,23,26,28). The highest BCUT2D eigenvalue weighted by Gasteiger charge is 2.37. The van der Waals surface area contributed by atoms with Crippen molar-refractivity contribution in [2.24, 2.45) is 0 Å². The minimum atomic E-state index is -0.836. The number of aromatic hydroxyl groups is 1. The molecule has 2 aromatic carbocycles. The maximum Gasteiger partial charge on any atom is 0.335 e. The first kappa shape index (κ1) is 20.9. The number of aryl methyl sites for hydroxylation is 1. The summed E-state index contributed by atoms with van der Waals surface area (Å²) in [6, 6.07) is 6.95. The van der Waals surface area contributed by atoms with Crippen molar-refractivity contribution >= 4 is 57.1 Å². The normalized spacial score (nSPS) is 15.7. The summed E-state index contributed by atoms with van der Waals surface area (Å²) >= 11 is 9.38. The predicted octanol–water partition coefficient (Wildman–Crippen LogP) is 4.18. The number of amides is 4. The molecular weight excluding hydrogens is 464 g/mol. The summed E-state index contributed by atoms with van der Waals surface area (Å²) in [7, 11) is 0. The third-order valence-electron chi connectivity index (χ3n) is 4.16. The fourth-order valence-electron chi connectivity index (χ4n) is 2.77. The number of hydrogen-bond acceptors (Lipinski definition) is 5. The Balaban J connectivity index is 2.05. The zero-order valence-electron chi connectivity index (χ0n) is 15.5. The minimum Gasteiger partial charge on any atom is -0.503 e. The number of urea groups is 1. The van der Waals surface area contributed by atoms with E-state index in [2.05, 4.69) is 21.2 Å². The Morgan fingerprint density at radius 1 is 1.24 bits per heavy atom. The smallest absolute Gasteiger partial charge is 0.335 e. The van der Waals surface area contributed by atoms with E-state index >= 15 is 0 Å². The fraction of sp³-hybridized carbons (Fsp3) is 0.150. The number of anilines is 1. The van der Waals surface area contributed by atoms with Crippen molar-refractivity contribution in [3.8, 4) is 11.5 Å². The summed E-state index contributed by atoms with van der Waals surface area (Å²) in [4.78, 5) is 38.5. The number of phenolic OH excluding ortho intramolecular Hbond substituents is 1. The van der Waals surface area contributed by atoms with Crippen LogP contribution in [0.4, 0.5) is 10.5 Å². The van der Waals surface area contributed by atoms with Crippen molar-refractivity contribution in [3.05, 3.63) is 56.5 Å². The molecule has 150 valence electrons. The van der Waals surface area contributed by atoms with Gasteiger partial charge >= 0.3 is 6.03 Å². The van der Waals surface area contributed by atoms with E-state index in [4.69, 9.17) is 16.3 Å². The molecule has 1 aliphatic heterocycles. The second-order valence-electron chi connectivity index (χ2n) is 6.17. The maximum absolute atomic E-state index is 13.0. The summed E-state index contributed by atoms with van der Waals surface area (Å²) in [6.07, 6.45) is 1.29. The molecule has 1 fully saturated rings. The molecule has 2 aromatic rings. The maximum atomic E-state index is 13.0. The molecule has 9 heteroatoms. The predicted molar refractivity (Wildman–Crippen MR) is 112 cm³/mol. The molecule has 1 saturated heterocycles. The first-order chi connectivity index (χ1) is 13.7. The van der Waals surface area contributed by atoms with Crippen LogP contribution in [0, 0.1) is 6.92 Å². The summed E-state index contributed by atoms with van der Waals surface area (Å²) in [6.45, 7) is 3.84. The average molecular weight is 480 g/mol. The topological polar surface area (TPSA) is 95.9 Å². The van der Waals surface area contributed by atoms with E-state index in [-0.39, 0.29) is 28.7 Å².